The molecular weight excluding hydrogens is 480 g/mol. The van der Waals surface area contributed by atoms with Crippen molar-refractivity contribution in [2.24, 2.45) is 11.5 Å². The summed E-state index contributed by atoms with van der Waals surface area (Å²) in [7, 11) is 0. The summed E-state index contributed by atoms with van der Waals surface area (Å²) in [6.45, 7) is 2.19. The molecule has 1 heterocycles. The predicted octanol–water partition coefficient (Wildman–Crippen LogP) is -3.46. The van der Waals surface area contributed by atoms with E-state index in [0.29, 0.717) is 32.2 Å². The average molecular weight is 521 g/mol. The van der Waals surface area contributed by atoms with Crippen LogP contribution < -0.4 is 22.1 Å². The molecule has 0 saturated carbocycles. The molecule has 1 saturated heterocycles. The number of nitrogens with two attached hydrogens (primary N) is 2. The van der Waals surface area contributed by atoms with Gasteiger partial charge in [-0.1, -0.05) is 12.8 Å². The van der Waals surface area contributed by atoms with E-state index in [-0.39, 0.29) is 19.4 Å². The van der Waals surface area contributed by atoms with E-state index in [2.05, 4.69) is 10.6 Å². The molecule has 0 aromatic heterocycles. The Balaban J connectivity index is 2.44. The number of ether oxygens (including phenoxy) is 2. The van der Waals surface area contributed by atoms with Crippen LogP contribution in [0, 0.1) is 0 Å². The van der Waals surface area contributed by atoms with Crippen LogP contribution in [-0.2, 0) is 28.7 Å². The first-order valence-corrected chi connectivity index (χ1v) is 12.0. The lowest BCUT2D eigenvalue weighted by Gasteiger charge is -2.46. The van der Waals surface area contributed by atoms with Gasteiger partial charge in [-0.25, -0.2) is 0 Å². The molecule has 36 heavy (non-hydrogen) atoms. The standard InChI is InChI=1S/C22H40N4O10/c1-12(23)20(33)26-14(7-8-16(24)29)21(34)25-9-5-3-4-6-10-35-22(13(2)28)19(32)18(31)17(30)15(11-27)36-22/h12,14-15,17-19,27,30-32H,3-11,23H2,1-2H3,(H2,24,29)(H,25,34)(H,26,33)/t12-,14+,15+,17+,18-,19-,22+/m1/s1. The minimum absolute atomic E-state index is 0.0114. The van der Waals surface area contributed by atoms with Crippen molar-refractivity contribution in [1.29, 1.82) is 0 Å². The van der Waals surface area contributed by atoms with Crippen LogP contribution >= 0.6 is 0 Å². The number of primary amides is 1. The van der Waals surface area contributed by atoms with Gasteiger partial charge in [0.15, 0.2) is 5.78 Å². The van der Waals surface area contributed by atoms with Gasteiger partial charge >= 0.3 is 0 Å². The first-order chi connectivity index (χ1) is 16.9. The van der Waals surface area contributed by atoms with Gasteiger partial charge in [0.25, 0.3) is 5.79 Å². The number of carbonyl (C=O) groups excluding carboxylic acids is 4. The van der Waals surface area contributed by atoms with Crippen LogP contribution in [0.25, 0.3) is 0 Å². The molecule has 0 aliphatic carbocycles. The third-order valence-electron chi connectivity index (χ3n) is 5.85. The van der Waals surface area contributed by atoms with Crippen molar-refractivity contribution in [3.8, 4) is 0 Å². The zero-order valence-corrected chi connectivity index (χ0v) is 20.7. The van der Waals surface area contributed by atoms with Gasteiger partial charge < -0.3 is 52.0 Å². The van der Waals surface area contributed by atoms with E-state index in [9.17, 15) is 39.6 Å². The summed E-state index contributed by atoms with van der Waals surface area (Å²) in [6.07, 6.45) is -4.17. The van der Waals surface area contributed by atoms with E-state index >= 15 is 0 Å². The number of aliphatic hydroxyl groups excluding tert-OH is 4. The average Bonchev–Trinajstić information content (AvgIpc) is 2.82. The highest BCUT2D eigenvalue weighted by Gasteiger charge is 2.57. The maximum Gasteiger partial charge on any atom is 0.258 e. The number of hydrogen-bond donors (Lipinski definition) is 8. The molecule has 7 atom stereocenters. The molecule has 3 amide bonds. The Kier molecular flexibility index (Phi) is 13.4. The second kappa shape index (κ2) is 15.1. The van der Waals surface area contributed by atoms with E-state index in [1.165, 1.54) is 6.92 Å². The number of carbonyl (C=O) groups is 4. The van der Waals surface area contributed by atoms with E-state index in [0.717, 1.165) is 6.92 Å². The summed E-state index contributed by atoms with van der Waals surface area (Å²) in [5, 5.41) is 44.7. The fraction of sp³-hybridized carbons (Fsp3) is 0.818. The largest absolute Gasteiger partial charge is 0.394 e. The monoisotopic (exact) mass is 520 g/mol. The summed E-state index contributed by atoms with van der Waals surface area (Å²) >= 11 is 0. The number of ketones is 1. The normalized spacial score (nSPS) is 27.6. The van der Waals surface area contributed by atoms with Crippen LogP contribution in [0.3, 0.4) is 0 Å². The van der Waals surface area contributed by atoms with Gasteiger partial charge in [-0.05, 0) is 26.2 Å². The Morgan fingerprint density at radius 1 is 1.06 bits per heavy atom. The minimum atomic E-state index is -2.20. The zero-order chi connectivity index (χ0) is 27.5. The van der Waals surface area contributed by atoms with Crippen molar-refractivity contribution < 1.29 is 49.1 Å². The molecule has 1 fully saturated rings. The Labute approximate surface area is 209 Å². The number of unbranched alkanes of at least 4 members (excludes halogenated alkanes) is 3. The molecule has 14 nitrogen and oxygen atoms in total. The van der Waals surface area contributed by atoms with Crippen molar-refractivity contribution in [2.45, 2.75) is 94.7 Å². The second-order valence-corrected chi connectivity index (χ2v) is 8.90. The fourth-order valence-corrected chi connectivity index (χ4v) is 3.65. The number of amides is 3. The molecule has 10 N–H and O–H groups in total. The van der Waals surface area contributed by atoms with Crippen LogP contribution in [0.15, 0.2) is 0 Å². The zero-order valence-electron chi connectivity index (χ0n) is 20.7. The third-order valence-corrected chi connectivity index (χ3v) is 5.85. The molecule has 1 aliphatic heterocycles. The predicted molar refractivity (Wildman–Crippen MR) is 125 cm³/mol. The van der Waals surface area contributed by atoms with Gasteiger partial charge in [0.1, 0.15) is 30.5 Å². The minimum Gasteiger partial charge on any atom is -0.394 e. The first-order valence-electron chi connectivity index (χ1n) is 12.0. The van der Waals surface area contributed by atoms with Gasteiger partial charge in [-0.15, -0.1) is 0 Å². The fourth-order valence-electron chi connectivity index (χ4n) is 3.65. The van der Waals surface area contributed by atoms with Crippen LogP contribution in [0.5, 0.6) is 0 Å². The second-order valence-electron chi connectivity index (χ2n) is 8.90. The summed E-state index contributed by atoms with van der Waals surface area (Å²) in [6, 6.07) is -1.76. The van der Waals surface area contributed by atoms with Gasteiger partial charge in [0.2, 0.25) is 17.7 Å². The Bertz CT molecular complexity index is 750. The van der Waals surface area contributed by atoms with Crippen LogP contribution in [-0.4, -0.2) is 106 Å². The molecule has 0 radical (unpaired) electrons. The van der Waals surface area contributed by atoms with Crippen molar-refractivity contribution >= 4 is 23.5 Å². The number of hydrogen-bond acceptors (Lipinski definition) is 11. The van der Waals surface area contributed by atoms with Crippen LogP contribution in [0.1, 0.15) is 52.4 Å². The number of nitrogens with one attached hydrogen (secondary N) is 2. The van der Waals surface area contributed by atoms with Crippen LogP contribution in [0.2, 0.25) is 0 Å². The highest BCUT2D eigenvalue weighted by molar-refractivity contribution is 5.90. The van der Waals surface area contributed by atoms with Crippen molar-refractivity contribution in [2.75, 3.05) is 19.8 Å². The molecule has 0 unspecified atom stereocenters. The van der Waals surface area contributed by atoms with E-state index in [1.807, 2.05) is 0 Å². The summed E-state index contributed by atoms with van der Waals surface area (Å²) in [5.74, 6) is -4.50. The summed E-state index contributed by atoms with van der Waals surface area (Å²) in [5.41, 5.74) is 10.6. The lowest BCUT2D eigenvalue weighted by molar-refractivity contribution is -0.344. The highest BCUT2D eigenvalue weighted by atomic mass is 16.7. The maximum atomic E-state index is 12.4. The van der Waals surface area contributed by atoms with Crippen molar-refractivity contribution in [3.05, 3.63) is 0 Å². The van der Waals surface area contributed by atoms with E-state index < -0.39 is 72.4 Å². The number of rotatable bonds is 16. The Morgan fingerprint density at radius 2 is 1.69 bits per heavy atom. The van der Waals surface area contributed by atoms with Gasteiger partial charge in [-0.3, -0.25) is 19.2 Å². The Hall–Kier alpha value is -2.20. The summed E-state index contributed by atoms with van der Waals surface area (Å²) in [4.78, 5) is 47.4. The van der Waals surface area contributed by atoms with Gasteiger partial charge in [0.05, 0.1) is 19.3 Å². The molecule has 1 aliphatic rings. The first kappa shape index (κ1) is 31.8. The summed E-state index contributed by atoms with van der Waals surface area (Å²) < 4.78 is 10.9. The SMILES string of the molecule is CC(=O)[C@]1(OCCCCCCNC(=O)[C@H](CCC(N)=O)NC(=O)[C@@H](C)N)O[C@@H](CO)[C@H](O)[C@@H](O)[C@H]1O. The highest BCUT2D eigenvalue weighted by Crippen LogP contribution is 2.32. The molecule has 0 spiro atoms. The molecule has 0 aromatic carbocycles. The van der Waals surface area contributed by atoms with E-state index in [1.54, 1.807) is 0 Å². The molecule has 0 aromatic rings. The van der Waals surface area contributed by atoms with Gasteiger partial charge in [-0.2, -0.15) is 0 Å². The van der Waals surface area contributed by atoms with E-state index in [4.69, 9.17) is 20.9 Å². The molecule has 14 heteroatoms. The topological polar surface area (TPSA) is 244 Å². The molecule has 1 rings (SSSR count). The maximum absolute atomic E-state index is 12.4. The smallest absolute Gasteiger partial charge is 0.258 e. The molecular formula is C22H40N4O10. The van der Waals surface area contributed by atoms with Crippen LogP contribution in [0.4, 0.5) is 0 Å². The lowest BCUT2D eigenvalue weighted by Crippen LogP contribution is -2.68. The quantitative estimate of drug-likeness (QED) is 0.0929. The molecule has 0 bridgehead atoms. The number of aliphatic hydroxyl groups is 4. The lowest BCUT2D eigenvalue weighted by atomic mass is 9.90. The van der Waals surface area contributed by atoms with Crippen molar-refractivity contribution in [1.82, 2.24) is 10.6 Å². The third kappa shape index (κ3) is 9.03. The Morgan fingerprint density at radius 3 is 2.25 bits per heavy atom. The molecule has 208 valence electrons. The van der Waals surface area contributed by atoms with Crippen molar-refractivity contribution in [3.63, 3.8) is 0 Å². The number of Topliss-reactive ketones (excluding diaryl/α,β-unsaturated/α-hetero) is 1. The van der Waals surface area contributed by atoms with Gasteiger partial charge in [0, 0.05) is 19.9 Å².